The van der Waals surface area contributed by atoms with Crippen LogP contribution in [0.5, 0.6) is 11.6 Å². The van der Waals surface area contributed by atoms with Crippen LogP contribution in [0, 0.1) is 0 Å². The van der Waals surface area contributed by atoms with Gasteiger partial charge in [0, 0.05) is 18.1 Å². The molecule has 0 unspecified atom stereocenters. The molecule has 1 aromatic heterocycles. The fraction of sp³-hybridized carbons (Fsp3) is 0.267. The summed E-state index contributed by atoms with van der Waals surface area (Å²) in [6.45, 7) is 2.17. The van der Waals surface area contributed by atoms with Gasteiger partial charge in [-0.3, -0.25) is 0 Å². The number of hydrogen-bond acceptors (Lipinski definition) is 2. The van der Waals surface area contributed by atoms with Crippen LogP contribution >= 0.6 is 11.6 Å². The average Bonchev–Trinajstić information content (AvgIpc) is 2.42. The summed E-state index contributed by atoms with van der Waals surface area (Å²) in [5.41, 5.74) is 2.33. The zero-order valence-corrected chi connectivity index (χ0v) is 11.2. The minimum atomic E-state index is 0.467. The highest BCUT2D eigenvalue weighted by molar-refractivity contribution is 6.17. The molecule has 0 aliphatic carbocycles. The number of pyridine rings is 1. The first-order chi connectivity index (χ1) is 8.81. The van der Waals surface area contributed by atoms with Crippen LogP contribution in [-0.4, -0.2) is 4.98 Å². The van der Waals surface area contributed by atoms with Gasteiger partial charge in [-0.2, -0.15) is 0 Å². The van der Waals surface area contributed by atoms with Gasteiger partial charge in [-0.25, -0.2) is 4.98 Å². The Morgan fingerprint density at radius 3 is 2.56 bits per heavy atom. The van der Waals surface area contributed by atoms with Gasteiger partial charge in [0.2, 0.25) is 5.88 Å². The molecular formula is C15H16ClNO. The van der Waals surface area contributed by atoms with Crippen molar-refractivity contribution in [3.8, 4) is 11.6 Å². The normalized spacial score (nSPS) is 10.3. The van der Waals surface area contributed by atoms with E-state index >= 15 is 0 Å². The van der Waals surface area contributed by atoms with Crippen molar-refractivity contribution in [2.45, 2.75) is 25.6 Å². The SMILES string of the molecule is CCCc1ccc(Oc2cc(CCl)ccn2)cc1. The highest BCUT2D eigenvalue weighted by Gasteiger charge is 2.00. The minimum absolute atomic E-state index is 0.467. The van der Waals surface area contributed by atoms with Gasteiger partial charge >= 0.3 is 0 Å². The molecule has 0 saturated carbocycles. The van der Waals surface area contributed by atoms with Crippen molar-refractivity contribution in [2.24, 2.45) is 0 Å². The number of nitrogens with zero attached hydrogens (tertiary/aromatic N) is 1. The standard InChI is InChI=1S/C15H16ClNO/c1-2-3-12-4-6-14(7-5-12)18-15-10-13(11-16)8-9-17-15/h4-10H,2-3,11H2,1H3. The van der Waals surface area contributed by atoms with Gasteiger partial charge in [0.05, 0.1) is 0 Å². The second-order valence-electron chi connectivity index (χ2n) is 4.13. The van der Waals surface area contributed by atoms with Gasteiger partial charge in [-0.15, -0.1) is 11.6 Å². The maximum atomic E-state index is 5.77. The van der Waals surface area contributed by atoms with E-state index in [1.807, 2.05) is 24.3 Å². The smallest absolute Gasteiger partial charge is 0.219 e. The molecule has 0 amide bonds. The van der Waals surface area contributed by atoms with Crippen molar-refractivity contribution in [3.05, 3.63) is 53.7 Å². The summed E-state index contributed by atoms with van der Waals surface area (Å²) in [6, 6.07) is 11.9. The highest BCUT2D eigenvalue weighted by Crippen LogP contribution is 2.21. The lowest BCUT2D eigenvalue weighted by atomic mass is 10.1. The van der Waals surface area contributed by atoms with Crippen molar-refractivity contribution in [1.82, 2.24) is 4.98 Å². The molecule has 94 valence electrons. The molecule has 0 atom stereocenters. The number of alkyl halides is 1. The molecule has 1 heterocycles. The Kier molecular flexibility index (Phi) is 4.59. The number of aryl methyl sites for hydroxylation is 1. The molecule has 0 fully saturated rings. The number of ether oxygens (including phenoxy) is 1. The average molecular weight is 262 g/mol. The molecule has 0 aliphatic rings. The van der Waals surface area contributed by atoms with Crippen molar-refractivity contribution in [3.63, 3.8) is 0 Å². The summed E-state index contributed by atoms with van der Waals surface area (Å²) in [7, 11) is 0. The van der Waals surface area contributed by atoms with Gasteiger partial charge in [-0.05, 0) is 35.7 Å². The summed E-state index contributed by atoms with van der Waals surface area (Å²) in [5.74, 6) is 1.85. The van der Waals surface area contributed by atoms with Gasteiger partial charge in [0.15, 0.2) is 0 Å². The number of aromatic nitrogens is 1. The molecule has 2 aromatic rings. The van der Waals surface area contributed by atoms with Gasteiger partial charge in [0.1, 0.15) is 5.75 Å². The van der Waals surface area contributed by atoms with E-state index < -0.39 is 0 Å². The van der Waals surface area contributed by atoms with E-state index in [2.05, 4.69) is 24.0 Å². The van der Waals surface area contributed by atoms with Crippen LogP contribution in [0.2, 0.25) is 0 Å². The molecule has 3 heteroatoms. The van der Waals surface area contributed by atoms with Crippen molar-refractivity contribution < 1.29 is 4.74 Å². The first-order valence-corrected chi connectivity index (χ1v) is 6.63. The molecule has 0 radical (unpaired) electrons. The summed E-state index contributed by atoms with van der Waals surface area (Å²) in [5, 5.41) is 0. The van der Waals surface area contributed by atoms with E-state index in [4.69, 9.17) is 16.3 Å². The fourth-order valence-corrected chi connectivity index (χ4v) is 1.89. The number of hydrogen-bond donors (Lipinski definition) is 0. The summed E-state index contributed by atoms with van der Waals surface area (Å²) in [6.07, 6.45) is 3.96. The van der Waals surface area contributed by atoms with Crippen LogP contribution in [0.1, 0.15) is 24.5 Å². The van der Waals surface area contributed by atoms with Crippen molar-refractivity contribution in [2.75, 3.05) is 0 Å². The number of rotatable bonds is 5. The molecule has 0 spiro atoms. The lowest BCUT2D eigenvalue weighted by molar-refractivity contribution is 0.462. The highest BCUT2D eigenvalue weighted by atomic mass is 35.5. The predicted octanol–water partition coefficient (Wildman–Crippen LogP) is 4.57. The second-order valence-corrected chi connectivity index (χ2v) is 4.40. The Labute approximate surface area is 113 Å². The fourth-order valence-electron chi connectivity index (χ4n) is 1.72. The van der Waals surface area contributed by atoms with E-state index in [0.29, 0.717) is 11.8 Å². The predicted molar refractivity (Wildman–Crippen MR) is 74.3 cm³/mol. The van der Waals surface area contributed by atoms with Gasteiger partial charge in [0.25, 0.3) is 0 Å². The molecule has 0 saturated heterocycles. The zero-order valence-electron chi connectivity index (χ0n) is 10.4. The first kappa shape index (κ1) is 12.9. The number of halogens is 1. The Morgan fingerprint density at radius 1 is 1.11 bits per heavy atom. The second kappa shape index (κ2) is 6.41. The molecule has 2 rings (SSSR count). The molecule has 2 nitrogen and oxygen atoms in total. The quantitative estimate of drug-likeness (QED) is 0.736. The Balaban J connectivity index is 2.08. The van der Waals surface area contributed by atoms with Crippen LogP contribution < -0.4 is 4.74 Å². The van der Waals surface area contributed by atoms with Crippen molar-refractivity contribution in [1.29, 1.82) is 0 Å². The van der Waals surface area contributed by atoms with Crippen LogP contribution in [0.4, 0.5) is 0 Å². The van der Waals surface area contributed by atoms with Crippen LogP contribution in [0.25, 0.3) is 0 Å². The monoisotopic (exact) mass is 261 g/mol. The third-order valence-electron chi connectivity index (χ3n) is 2.64. The minimum Gasteiger partial charge on any atom is -0.439 e. The van der Waals surface area contributed by atoms with Gasteiger partial charge < -0.3 is 4.74 Å². The van der Waals surface area contributed by atoms with E-state index in [1.54, 1.807) is 6.20 Å². The summed E-state index contributed by atoms with van der Waals surface area (Å²) < 4.78 is 5.68. The maximum Gasteiger partial charge on any atom is 0.219 e. The van der Waals surface area contributed by atoms with Gasteiger partial charge in [-0.1, -0.05) is 25.5 Å². The van der Waals surface area contributed by atoms with E-state index in [0.717, 1.165) is 24.2 Å². The maximum absolute atomic E-state index is 5.77. The molecular weight excluding hydrogens is 246 g/mol. The zero-order chi connectivity index (χ0) is 12.8. The third-order valence-corrected chi connectivity index (χ3v) is 2.95. The number of benzene rings is 1. The third kappa shape index (κ3) is 3.47. The summed E-state index contributed by atoms with van der Waals surface area (Å²) in [4.78, 5) is 4.16. The van der Waals surface area contributed by atoms with Crippen molar-refractivity contribution >= 4 is 11.6 Å². The Hall–Kier alpha value is -1.54. The topological polar surface area (TPSA) is 22.1 Å². The van der Waals surface area contributed by atoms with Crippen LogP contribution in [0.3, 0.4) is 0 Å². The van der Waals surface area contributed by atoms with Crippen LogP contribution in [0.15, 0.2) is 42.6 Å². The molecule has 0 N–H and O–H groups in total. The largest absolute Gasteiger partial charge is 0.439 e. The molecule has 0 bridgehead atoms. The lowest BCUT2D eigenvalue weighted by Gasteiger charge is -2.06. The lowest BCUT2D eigenvalue weighted by Crippen LogP contribution is -1.90. The van der Waals surface area contributed by atoms with E-state index in [9.17, 15) is 0 Å². The Bertz CT molecular complexity index is 496. The van der Waals surface area contributed by atoms with E-state index in [-0.39, 0.29) is 0 Å². The molecule has 1 aromatic carbocycles. The van der Waals surface area contributed by atoms with E-state index in [1.165, 1.54) is 5.56 Å². The van der Waals surface area contributed by atoms with Crippen LogP contribution in [-0.2, 0) is 12.3 Å². The Morgan fingerprint density at radius 2 is 1.89 bits per heavy atom. The molecule has 18 heavy (non-hydrogen) atoms. The summed E-state index contributed by atoms with van der Waals surface area (Å²) >= 11 is 5.77. The molecule has 0 aliphatic heterocycles. The first-order valence-electron chi connectivity index (χ1n) is 6.09.